The molecule has 6 rings (SSSR count). The van der Waals surface area contributed by atoms with Crippen molar-refractivity contribution in [3.63, 3.8) is 0 Å². The first-order chi connectivity index (χ1) is 30.4. The normalized spacial score (nSPS) is 17.0. The van der Waals surface area contributed by atoms with Gasteiger partial charge in [0, 0.05) is 60.8 Å². The van der Waals surface area contributed by atoms with Crippen molar-refractivity contribution >= 4 is 70.4 Å². The van der Waals surface area contributed by atoms with Crippen LogP contribution in [0, 0.1) is 0 Å². The van der Waals surface area contributed by atoms with Gasteiger partial charge in [0.1, 0.15) is 19.0 Å². The Hall–Kier alpha value is -6.82. The summed E-state index contributed by atoms with van der Waals surface area (Å²) in [5.74, 6) is -1.59. The number of unbranched alkanes of at least 4 members (excludes halogenated alkanes) is 1. The summed E-state index contributed by atoms with van der Waals surface area (Å²) in [6.45, 7) is 1.07. The third-order valence-electron chi connectivity index (χ3n) is 10.0. The zero-order valence-electron chi connectivity index (χ0n) is 34.1. The molecule has 23 nitrogen and oxygen atoms in total. The molecule has 0 spiro atoms. The highest BCUT2D eigenvalue weighted by atomic mass is 32.2. The summed E-state index contributed by atoms with van der Waals surface area (Å²) in [7, 11) is 0. The first kappa shape index (κ1) is 45.7. The maximum absolute atomic E-state index is 12.8. The van der Waals surface area contributed by atoms with Gasteiger partial charge in [0.05, 0.1) is 49.4 Å². The first-order valence-corrected chi connectivity index (χ1v) is 21.4. The molecule has 0 aliphatic carbocycles. The van der Waals surface area contributed by atoms with Gasteiger partial charge in [-0.15, -0.1) is 0 Å². The summed E-state index contributed by atoms with van der Waals surface area (Å²) in [5.41, 5.74) is 6.95. The molecule has 4 aromatic rings. The predicted octanol–water partition coefficient (Wildman–Crippen LogP) is 0.269. The van der Waals surface area contributed by atoms with E-state index in [1.807, 2.05) is 11.8 Å². The highest BCUT2D eigenvalue weighted by Crippen LogP contribution is 2.33. The number of ether oxygens (including phenoxy) is 2. The summed E-state index contributed by atoms with van der Waals surface area (Å²) < 4.78 is 11.8. The number of nitrogens with one attached hydrogen (secondary N) is 7. The Morgan fingerprint density at radius 1 is 0.952 bits per heavy atom. The van der Waals surface area contributed by atoms with Crippen LogP contribution in [0.2, 0.25) is 0 Å². The van der Waals surface area contributed by atoms with Crippen molar-refractivity contribution in [2.75, 3.05) is 49.7 Å². The van der Waals surface area contributed by atoms with Crippen LogP contribution in [0.3, 0.4) is 0 Å². The number of thioether (sulfide) groups is 1. The van der Waals surface area contributed by atoms with Gasteiger partial charge >= 0.3 is 18.1 Å². The second-order valence-corrected chi connectivity index (χ2v) is 15.9. The number of benzene rings is 1. The SMILES string of the molecule is Nc1nc2ncc(CNc3ccc(C(=O)N[C@H](CCC(=O)NCCc4cn(C(=O)OCCOCCNC(=O)CCCC[C@@H]5SC[C@@H]6NC(=O)N[C@@H]65)cn4)C(=O)O)cc3)nc2c(=O)[nH]1. The minimum atomic E-state index is -1.33. The second kappa shape index (κ2) is 22.3. The van der Waals surface area contributed by atoms with Crippen LogP contribution in [-0.2, 0) is 36.8 Å². The summed E-state index contributed by atoms with van der Waals surface area (Å²) in [6.07, 6.45) is 6.50. The molecule has 0 unspecified atom stereocenters. The maximum atomic E-state index is 12.8. The van der Waals surface area contributed by atoms with Crippen LogP contribution in [0.25, 0.3) is 11.2 Å². The molecule has 5 heterocycles. The Balaban J connectivity index is 0.790. The van der Waals surface area contributed by atoms with Crippen LogP contribution < -0.4 is 43.2 Å². The maximum Gasteiger partial charge on any atom is 0.419 e. The van der Waals surface area contributed by atoms with E-state index in [1.54, 1.807) is 12.1 Å². The number of urea groups is 1. The largest absolute Gasteiger partial charge is 0.480 e. The number of carbonyl (C=O) groups is 6. The van der Waals surface area contributed by atoms with Crippen molar-refractivity contribution in [3.8, 4) is 0 Å². The van der Waals surface area contributed by atoms with E-state index in [1.165, 1.54) is 30.9 Å². The molecule has 63 heavy (non-hydrogen) atoms. The Labute approximate surface area is 363 Å². The van der Waals surface area contributed by atoms with Gasteiger partial charge in [-0.05, 0) is 43.5 Å². The Morgan fingerprint density at radius 3 is 2.56 bits per heavy atom. The number of hydrogen-bond acceptors (Lipinski definition) is 16. The second-order valence-electron chi connectivity index (χ2n) is 14.6. The number of amides is 5. The Morgan fingerprint density at radius 2 is 1.75 bits per heavy atom. The molecule has 2 fully saturated rings. The fraction of sp³-hybridized carbons (Fsp3) is 0.462. The number of nitrogens with zero attached hydrogens (tertiary/aromatic N) is 5. The smallest absolute Gasteiger partial charge is 0.419 e. The van der Waals surface area contributed by atoms with Gasteiger partial charge in [0.25, 0.3) is 11.5 Å². The van der Waals surface area contributed by atoms with Gasteiger partial charge in [0.15, 0.2) is 11.2 Å². The molecular formula is C39H49N13O10S. The molecule has 24 heteroatoms. The van der Waals surface area contributed by atoms with E-state index < -0.39 is 35.5 Å². The number of aromatic nitrogens is 6. The fourth-order valence-electron chi connectivity index (χ4n) is 6.76. The van der Waals surface area contributed by atoms with E-state index >= 15 is 0 Å². The topological polar surface area (TPSA) is 329 Å². The van der Waals surface area contributed by atoms with Crippen molar-refractivity contribution < 1.29 is 43.3 Å². The van der Waals surface area contributed by atoms with Crippen LogP contribution in [0.1, 0.15) is 60.3 Å². The van der Waals surface area contributed by atoms with Crippen LogP contribution >= 0.6 is 11.8 Å². The first-order valence-electron chi connectivity index (χ1n) is 20.3. The lowest BCUT2D eigenvalue weighted by Gasteiger charge is -2.16. The molecule has 336 valence electrons. The van der Waals surface area contributed by atoms with Gasteiger partial charge < -0.3 is 52.2 Å². The van der Waals surface area contributed by atoms with E-state index in [-0.39, 0.29) is 98.9 Å². The molecule has 1 aromatic carbocycles. The Kier molecular flexibility index (Phi) is 16.2. The standard InChI is InChI=1S/C39H49N13O10S/c40-37-50-33-32(35(56)51-37)46-25(18-44-33)17-43-23-7-5-22(6-8-23)34(55)47-26(36(57)58)9-10-30(54)41-12-11-24-19-52(21-45-24)39(60)62-16-15-61-14-13-42-29(53)4-2-1-3-28-31-27(20-63-28)48-38(59)49-31/h5-8,18-19,21,26-28,31,43H,1-4,9-17,20H2,(H,41,54)(H,42,53)(H,47,55)(H,57,58)(H2,48,49,59)(H3,40,44,50,51,56)/t26-,27+,28+,31+/m1/s1. The van der Waals surface area contributed by atoms with Crippen molar-refractivity contribution in [2.24, 2.45) is 0 Å². The number of rotatable bonds is 23. The lowest BCUT2D eigenvalue weighted by molar-refractivity contribution is -0.139. The monoisotopic (exact) mass is 891 g/mol. The van der Waals surface area contributed by atoms with Gasteiger partial charge in [-0.1, -0.05) is 6.42 Å². The molecule has 4 atom stereocenters. The number of hydrogen-bond donors (Lipinski definition) is 9. The zero-order chi connectivity index (χ0) is 44.7. The van der Waals surface area contributed by atoms with Crippen LogP contribution in [0.4, 0.5) is 21.2 Å². The summed E-state index contributed by atoms with van der Waals surface area (Å²) in [5, 5.41) is 27.0. The number of H-pyrrole nitrogens is 1. The molecule has 0 bridgehead atoms. The fourth-order valence-corrected chi connectivity index (χ4v) is 8.31. The van der Waals surface area contributed by atoms with Crippen molar-refractivity contribution in [1.82, 2.24) is 56.1 Å². The molecule has 2 saturated heterocycles. The van der Waals surface area contributed by atoms with E-state index in [4.69, 9.17) is 15.2 Å². The Bertz CT molecular complexity index is 2330. The van der Waals surface area contributed by atoms with Gasteiger partial charge in [0.2, 0.25) is 17.8 Å². The number of nitrogens with two attached hydrogens (primary N) is 1. The third kappa shape index (κ3) is 13.6. The summed E-state index contributed by atoms with van der Waals surface area (Å²) >= 11 is 1.86. The van der Waals surface area contributed by atoms with E-state index in [0.717, 1.165) is 29.6 Å². The van der Waals surface area contributed by atoms with E-state index in [0.29, 0.717) is 35.3 Å². The molecule has 10 N–H and O–H groups in total. The number of carboxylic acid groups (broad SMARTS) is 1. The van der Waals surface area contributed by atoms with E-state index in [2.05, 4.69) is 56.8 Å². The average molecular weight is 892 g/mol. The number of anilines is 2. The third-order valence-corrected chi connectivity index (χ3v) is 11.5. The molecule has 0 saturated carbocycles. The van der Waals surface area contributed by atoms with Gasteiger partial charge in [-0.25, -0.2) is 33.9 Å². The van der Waals surface area contributed by atoms with Gasteiger partial charge in [-0.2, -0.15) is 16.7 Å². The minimum absolute atomic E-state index is 0.0140. The quantitative estimate of drug-likeness (QED) is 0.0356. The number of nitrogen functional groups attached to an aromatic ring is 1. The molecular weight excluding hydrogens is 843 g/mol. The highest BCUT2D eigenvalue weighted by molar-refractivity contribution is 8.00. The van der Waals surface area contributed by atoms with Crippen molar-refractivity contribution in [3.05, 3.63) is 70.3 Å². The molecule has 3 aromatic heterocycles. The number of carbonyl (C=O) groups excluding carboxylic acids is 5. The number of fused-ring (bicyclic) bond motifs is 2. The van der Waals surface area contributed by atoms with Crippen LogP contribution in [-0.4, -0.2) is 132 Å². The van der Waals surface area contributed by atoms with Crippen LogP contribution in [0.15, 0.2) is 47.8 Å². The summed E-state index contributed by atoms with van der Waals surface area (Å²) in [4.78, 5) is 104. The van der Waals surface area contributed by atoms with E-state index in [9.17, 15) is 38.7 Å². The van der Waals surface area contributed by atoms with Gasteiger partial charge in [-0.3, -0.25) is 24.2 Å². The van der Waals surface area contributed by atoms with Crippen molar-refractivity contribution in [2.45, 2.75) is 74.9 Å². The minimum Gasteiger partial charge on any atom is -0.480 e. The predicted molar refractivity (Wildman–Crippen MR) is 228 cm³/mol. The highest BCUT2D eigenvalue weighted by Gasteiger charge is 2.42. The van der Waals surface area contributed by atoms with Crippen LogP contribution in [0.5, 0.6) is 0 Å². The summed E-state index contributed by atoms with van der Waals surface area (Å²) in [6, 6.07) is 5.16. The number of aliphatic carboxylic acids is 1. The molecule has 2 aliphatic rings. The van der Waals surface area contributed by atoms with Crippen molar-refractivity contribution in [1.29, 1.82) is 0 Å². The average Bonchev–Trinajstić information content (AvgIpc) is 3.99. The molecule has 0 radical (unpaired) electrons. The lowest BCUT2D eigenvalue weighted by Crippen LogP contribution is -2.41. The molecule has 5 amide bonds. The number of carboxylic acids is 1. The lowest BCUT2D eigenvalue weighted by atomic mass is 10.0. The zero-order valence-corrected chi connectivity index (χ0v) is 34.9. The number of aromatic amines is 1. The number of imidazole rings is 1. The molecule has 2 aliphatic heterocycles.